The molecule has 6 N–H and O–H groups in total. The van der Waals surface area contributed by atoms with E-state index in [4.69, 9.17) is 9.57 Å². The molecule has 3 heterocycles. The number of carbonyl (C=O) groups excluding carboxylic acids is 6. The van der Waals surface area contributed by atoms with Crippen molar-refractivity contribution in [2.75, 3.05) is 19.7 Å². The second-order valence-corrected chi connectivity index (χ2v) is 16.4. The van der Waals surface area contributed by atoms with Crippen LogP contribution in [0.1, 0.15) is 85.1 Å². The van der Waals surface area contributed by atoms with Gasteiger partial charge in [-0.2, -0.15) is 0 Å². The van der Waals surface area contributed by atoms with E-state index in [-0.39, 0.29) is 49.7 Å². The lowest BCUT2D eigenvalue weighted by Crippen LogP contribution is -2.62. The van der Waals surface area contributed by atoms with Crippen LogP contribution in [0.3, 0.4) is 0 Å². The molecule has 0 saturated carbocycles. The van der Waals surface area contributed by atoms with Crippen LogP contribution in [0, 0.1) is 17.8 Å². The molecule has 2 fully saturated rings. The summed E-state index contributed by atoms with van der Waals surface area (Å²) in [6, 6.07) is 2.90. The van der Waals surface area contributed by atoms with Gasteiger partial charge in [-0.05, 0) is 75.1 Å². The quantitative estimate of drug-likeness (QED) is 0.120. The number of hydrogen-bond acceptors (Lipinski definition) is 12. The van der Waals surface area contributed by atoms with Crippen molar-refractivity contribution in [3.8, 4) is 5.75 Å². The Kier molecular flexibility index (Phi) is 18.9. The zero-order valence-corrected chi connectivity index (χ0v) is 35.8. The van der Waals surface area contributed by atoms with Gasteiger partial charge in [0.05, 0.1) is 24.7 Å². The standard InChI is InChI=1S/C45H63N5O11/c1-28(2)40-43(57)46-36(27-32-15-12-16-33(52)26-32)44(58)49-23-13-17-35(48-49)45(59)61-38(29(3)14-11-20-39(54)50-24-9-10-25-60-50)19-8-6-7-18-37(53)31(5)41(55)34(42(56)47-40)22-21-30(4)51/h6-8,11-12,14-16,18,20,26,28,31,34-38,40-41,48,52-53,55H,9-10,13,17,19,21-25,27H2,1-5H3,(H,46,57)(H,47,56)/b8-6+,18-7+,20-11+,29-14+/t31-,34+,35?,36-,37-,38-,40-,41+/m0/s1. The van der Waals surface area contributed by atoms with Gasteiger partial charge in [0.15, 0.2) is 0 Å². The number of esters is 1. The molecule has 2 saturated heterocycles. The first-order valence-electron chi connectivity index (χ1n) is 21.2. The molecule has 4 rings (SSSR count). The number of hydrazine groups is 1. The topological polar surface area (TPSA) is 224 Å². The fourth-order valence-electron chi connectivity index (χ4n) is 7.29. The Morgan fingerprint density at radius 2 is 1.77 bits per heavy atom. The molecule has 0 aromatic heterocycles. The molecule has 1 aromatic rings. The number of fused-ring (bicyclic) bond motifs is 2. The summed E-state index contributed by atoms with van der Waals surface area (Å²) in [7, 11) is 0. The molecule has 334 valence electrons. The third-order valence-corrected chi connectivity index (χ3v) is 11.1. The van der Waals surface area contributed by atoms with E-state index < -0.39 is 77.9 Å². The smallest absolute Gasteiger partial charge is 0.325 e. The van der Waals surface area contributed by atoms with Crippen molar-refractivity contribution in [2.45, 2.75) is 122 Å². The van der Waals surface area contributed by atoms with E-state index in [0.717, 1.165) is 12.8 Å². The minimum atomic E-state index is -1.42. The third kappa shape index (κ3) is 14.8. The number of hydroxylamine groups is 2. The normalized spacial score (nSPS) is 29.2. The van der Waals surface area contributed by atoms with Crippen LogP contribution in [-0.2, 0) is 44.8 Å². The number of hydrogen-bond donors (Lipinski definition) is 6. The van der Waals surface area contributed by atoms with Crippen molar-refractivity contribution in [3.63, 3.8) is 0 Å². The minimum absolute atomic E-state index is 0.0298. The van der Waals surface area contributed by atoms with Gasteiger partial charge >= 0.3 is 5.97 Å². The van der Waals surface area contributed by atoms with Crippen LogP contribution >= 0.6 is 0 Å². The Bertz CT molecular complexity index is 1820. The van der Waals surface area contributed by atoms with Crippen molar-refractivity contribution < 1.29 is 53.7 Å². The number of benzene rings is 1. The highest BCUT2D eigenvalue weighted by Gasteiger charge is 2.38. The molecule has 1 unspecified atom stereocenters. The first kappa shape index (κ1) is 48.5. The molecule has 0 aliphatic carbocycles. The van der Waals surface area contributed by atoms with Gasteiger partial charge in [0.2, 0.25) is 11.8 Å². The summed E-state index contributed by atoms with van der Waals surface area (Å²) in [5, 5.41) is 40.9. The lowest BCUT2D eigenvalue weighted by molar-refractivity contribution is -0.191. The molecule has 1 aromatic carbocycles. The average molecular weight is 850 g/mol. The summed E-state index contributed by atoms with van der Waals surface area (Å²) in [6.45, 7) is 9.27. The number of rotatable bonds is 9. The fourth-order valence-corrected chi connectivity index (χ4v) is 7.29. The lowest BCUT2D eigenvalue weighted by atomic mass is 9.84. The van der Waals surface area contributed by atoms with E-state index >= 15 is 0 Å². The molecule has 4 amide bonds. The van der Waals surface area contributed by atoms with Gasteiger partial charge in [0.1, 0.15) is 35.8 Å². The van der Waals surface area contributed by atoms with Crippen LogP contribution in [-0.4, -0.2) is 117 Å². The summed E-state index contributed by atoms with van der Waals surface area (Å²) in [5.74, 6) is -5.71. The summed E-state index contributed by atoms with van der Waals surface area (Å²) < 4.78 is 6.05. The van der Waals surface area contributed by atoms with Crippen molar-refractivity contribution in [2.24, 2.45) is 17.8 Å². The van der Waals surface area contributed by atoms with Gasteiger partial charge in [-0.15, -0.1) is 0 Å². The molecule has 2 bridgehead atoms. The number of aliphatic hydroxyl groups excluding tert-OH is 2. The first-order valence-corrected chi connectivity index (χ1v) is 21.2. The number of phenolic OH excluding ortho intramolecular Hbond substituents is 1. The molecule has 8 atom stereocenters. The molecule has 61 heavy (non-hydrogen) atoms. The number of nitrogens with zero attached hydrogens (tertiary/aromatic N) is 2. The third-order valence-electron chi connectivity index (χ3n) is 11.1. The number of Topliss-reactive ketones (excluding diaryl/α,β-unsaturated/α-hetero) is 1. The number of allylic oxidation sites excluding steroid dienone is 4. The van der Waals surface area contributed by atoms with Crippen LogP contribution in [0.15, 0.2) is 72.4 Å². The summed E-state index contributed by atoms with van der Waals surface area (Å²) in [5.41, 5.74) is 4.15. The maximum atomic E-state index is 14.3. The van der Waals surface area contributed by atoms with Gasteiger partial charge in [0.25, 0.3) is 11.8 Å². The number of aromatic hydroxyl groups is 1. The second kappa shape index (κ2) is 23.7. The van der Waals surface area contributed by atoms with E-state index in [9.17, 15) is 44.1 Å². The maximum Gasteiger partial charge on any atom is 0.325 e. The molecular weight excluding hydrogens is 787 g/mol. The van der Waals surface area contributed by atoms with Gasteiger partial charge in [-0.3, -0.25) is 33.8 Å². The number of cyclic esters (lactones) is 1. The molecular formula is C45H63N5O11. The van der Waals surface area contributed by atoms with Crippen molar-refractivity contribution in [3.05, 3.63) is 77.9 Å². The molecule has 0 spiro atoms. The SMILES string of the molecule is CC(=O)CC[C@H]1C(=O)N[C@@H](C(C)C)C(=O)N[C@@H](Cc2cccc(O)c2)C(=O)N2CCCC(N2)C(=O)O[C@H](/C(C)=C/C=C/C(=O)N2CCCCO2)C/C=C/C=C/[C@H](O)[C@H](C)[C@H]1O. The second-order valence-electron chi connectivity index (χ2n) is 16.4. The molecule has 0 radical (unpaired) electrons. The Morgan fingerprint density at radius 3 is 2.46 bits per heavy atom. The van der Waals surface area contributed by atoms with Gasteiger partial charge in [0, 0.05) is 44.3 Å². The number of carbonyl (C=O) groups is 6. The fraction of sp³-hybridized carbons (Fsp3) is 0.556. The van der Waals surface area contributed by atoms with Gasteiger partial charge in [-0.25, -0.2) is 10.5 Å². The van der Waals surface area contributed by atoms with Gasteiger partial charge < -0.3 is 35.5 Å². The Balaban J connectivity index is 1.70. The molecule has 3 aliphatic heterocycles. The van der Waals surface area contributed by atoms with E-state index in [1.165, 1.54) is 41.3 Å². The number of phenols is 1. The van der Waals surface area contributed by atoms with Crippen LogP contribution in [0.25, 0.3) is 0 Å². The number of ether oxygens (including phenoxy) is 1. The Morgan fingerprint density at radius 1 is 1.00 bits per heavy atom. The lowest BCUT2D eigenvalue weighted by Gasteiger charge is -2.36. The van der Waals surface area contributed by atoms with Crippen molar-refractivity contribution in [1.82, 2.24) is 26.1 Å². The molecule has 16 heteroatoms. The highest BCUT2D eigenvalue weighted by atomic mass is 16.7. The Hall–Kier alpha value is -5.16. The highest BCUT2D eigenvalue weighted by molar-refractivity contribution is 5.93. The van der Waals surface area contributed by atoms with Crippen LogP contribution < -0.4 is 16.1 Å². The maximum absolute atomic E-state index is 14.3. The Labute approximate surface area is 358 Å². The summed E-state index contributed by atoms with van der Waals surface area (Å²) in [6.07, 6.45) is 10.1. The molecule has 16 nitrogen and oxygen atoms in total. The van der Waals surface area contributed by atoms with Crippen LogP contribution in [0.5, 0.6) is 5.75 Å². The average Bonchev–Trinajstić information content (AvgIpc) is 3.23. The van der Waals surface area contributed by atoms with Gasteiger partial charge in [-0.1, -0.05) is 69.4 Å². The zero-order chi connectivity index (χ0) is 44.6. The first-order chi connectivity index (χ1) is 29.0. The van der Waals surface area contributed by atoms with Crippen LogP contribution in [0.4, 0.5) is 0 Å². The van der Waals surface area contributed by atoms with E-state index in [0.29, 0.717) is 37.1 Å². The zero-order valence-electron chi connectivity index (χ0n) is 35.8. The predicted octanol–water partition coefficient (Wildman–Crippen LogP) is 2.88. The van der Waals surface area contributed by atoms with E-state index in [2.05, 4.69) is 16.1 Å². The van der Waals surface area contributed by atoms with E-state index in [1.54, 1.807) is 70.2 Å². The number of ketones is 1. The molecule has 3 aliphatic rings. The number of nitrogens with one attached hydrogen (secondary N) is 3. The number of amides is 4. The largest absolute Gasteiger partial charge is 0.508 e. The predicted molar refractivity (Wildman–Crippen MR) is 226 cm³/mol. The summed E-state index contributed by atoms with van der Waals surface area (Å²) in [4.78, 5) is 86.3. The minimum Gasteiger partial charge on any atom is -0.508 e. The number of aliphatic hydroxyl groups is 2. The van der Waals surface area contributed by atoms with Crippen molar-refractivity contribution in [1.29, 1.82) is 0 Å². The highest BCUT2D eigenvalue weighted by Crippen LogP contribution is 2.24. The van der Waals surface area contributed by atoms with Crippen molar-refractivity contribution >= 4 is 35.4 Å². The summed E-state index contributed by atoms with van der Waals surface area (Å²) >= 11 is 0. The monoisotopic (exact) mass is 849 g/mol. The van der Waals surface area contributed by atoms with Crippen LogP contribution in [0.2, 0.25) is 0 Å². The van der Waals surface area contributed by atoms with E-state index in [1.807, 2.05) is 0 Å².